The van der Waals surface area contributed by atoms with E-state index in [9.17, 15) is 4.79 Å². The van der Waals surface area contributed by atoms with Crippen LogP contribution in [-0.4, -0.2) is 51.9 Å². The molecule has 7 heteroatoms. The maximum atomic E-state index is 12.8. The van der Waals surface area contributed by atoms with Crippen LogP contribution in [0.5, 0.6) is 11.5 Å². The van der Waals surface area contributed by atoms with E-state index in [1.165, 1.54) is 0 Å². The van der Waals surface area contributed by atoms with Gasteiger partial charge in [-0.3, -0.25) is 9.48 Å². The van der Waals surface area contributed by atoms with Gasteiger partial charge in [-0.05, 0) is 25.1 Å². The number of benzene rings is 1. The molecule has 7 nitrogen and oxygen atoms in total. The standard InChI is InChI=1S/C19H20N4O3/c1-12-15-8-13(9-20-18(15)23(3)21-12)19(24)22(2)10-14-11-25-16-6-4-5-7-17(16)26-14/h4-9,14H,10-11H2,1-3H3. The number of aryl methyl sites for hydroxylation is 2. The summed E-state index contributed by atoms with van der Waals surface area (Å²) in [5.41, 5.74) is 2.16. The molecule has 0 spiro atoms. The van der Waals surface area contributed by atoms with Crippen molar-refractivity contribution >= 4 is 16.9 Å². The number of nitrogens with zero attached hydrogens (tertiary/aromatic N) is 4. The van der Waals surface area contributed by atoms with Gasteiger partial charge in [0, 0.05) is 25.7 Å². The first-order valence-electron chi connectivity index (χ1n) is 8.46. The predicted molar refractivity (Wildman–Crippen MR) is 96.6 cm³/mol. The largest absolute Gasteiger partial charge is 0.486 e. The Balaban J connectivity index is 1.49. The lowest BCUT2D eigenvalue weighted by molar-refractivity contribution is 0.0521. The minimum atomic E-state index is -0.212. The Hall–Kier alpha value is -3.09. The molecule has 1 aliphatic heterocycles. The van der Waals surface area contributed by atoms with Crippen molar-refractivity contribution in [3.63, 3.8) is 0 Å². The van der Waals surface area contributed by atoms with Crippen LogP contribution in [0.1, 0.15) is 16.1 Å². The molecule has 0 saturated carbocycles. The SMILES string of the molecule is Cc1nn(C)c2ncc(C(=O)N(C)CC3COc4ccccc4O3)cc12. The number of rotatable bonds is 3. The molecule has 1 atom stereocenters. The summed E-state index contributed by atoms with van der Waals surface area (Å²) >= 11 is 0. The summed E-state index contributed by atoms with van der Waals surface area (Å²) in [4.78, 5) is 18.8. The van der Waals surface area contributed by atoms with Crippen LogP contribution in [0, 0.1) is 6.92 Å². The van der Waals surface area contributed by atoms with E-state index in [1.54, 1.807) is 22.8 Å². The van der Waals surface area contributed by atoms with Crippen molar-refractivity contribution in [2.75, 3.05) is 20.2 Å². The zero-order valence-corrected chi connectivity index (χ0v) is 15.0. The Bertz CT molecular complexity index is 982. The Kier molecular flexibility index (Phi) is 3.99. The van der Waals surface area contributed by atoms with Crippen molar-refractivity contribution in [2.24, 2.45) is 7.05 Å². The number of likely N-dealkylation sites (N-methyl/N-ethyl adjacent to an activating group) is 1. The zero-order chi connectivity index (χ0) is 18.3. The second-order valence-electron chi connectivity index (χ2n) is 6.49. The van der Waals surface area contributed by atoms with E-state index in [4.69, 9.17) is 9.47 Å². The van der Waals surface area contributed by atoms with Crippen molar-refractivity contribution in [3.05, 3.63) is 47.8 Å². The Morgan fingerprint density at radius 1 is 1.35 bits per heavy atom. The smallest absolute Gasteiger partial charge is 0.255 e. The first-order valence-corrected chi connectivity index (χ1v) is 8.46. The highest BCUT2D eigenvalue weighted by Crippen LogP contribution is 2.31. The molecule has 0 radical (unpaired) electrons. The molecule has 0 fully saturated rings. The number of carbonyl (C=O) groups excluding carboxylic acids is 1. The predicted octanol–water partition coefficient (Wildman–Crippen LogP) is 2.19. The summed E-state index contributed by atoms with van der Waals surface area (Å²) in [5, 5.41) is 5.23. The molecule has 4 rings (SSSR count). The minimum Gasteiger partial charge on any atom is -0.486 e. The van der Waals surface area contributed by atoms with Crippen molar-refractivity contribution in [2.45, 2.75) is 13.0 Å². The van der Waals surface area contributed by atoms with E-state index >= 15 is 0 Å². The van der Waals surface area contributed by atoms with Crippen LogP contribution in [0.3, 0.4) is 0 Å². The number of hydrogen-bond donors (Lipinski definition) is 0. The monoisotopic (exact) mass is 352 g/mol. The van der Waals surface area contributed by atoms with E-state index in [2.05, 4.69) is 10.1 Å². The van der Waals surface area contributed by atoms with Gasteiger partial charge in [-0.15, -0.1) is 0 Å². The fourth-order valence-corrected chi connectivity index (χ4v) is 3.19. The van der Waals surface area contributed by atoms with Gasteiger partial charge in [0.2, 0.25) is 0 Å². The summed E-state index contributed by atoms with van der Waals surface area (Å²) in [6, 6.07) is 9.39. The number of hydrogen-bond acceptors (Lipinski definition) is 5. The lowest BCUT2D eigenvalue weighted by Gasteiger charge is -2.29. The van der Waals surface area contributed by atoms with Crippen LogP contribution in [0.2, 0.25) is 0 Å². The molecule has 0 saturated heterocycles. The molecular formula is C19H20N4O3. The van der Waals surface area contributed by atoms with Crippen molar-refractivity contribution < 1.29 is 14.3 Å². The molecule has 0 aliphatic carbocycles. The topological polar surface area (TPSA) is 69.5 Å². The minimum absolute atomic E-state index is 0.106. The van der Waals surface area contributed by atoms with Gasteiger partial charge in [-0.2, -0.15) is 5.10 Å². The van der Waals surface area contributed by atoms with Gasteiger partial charge in [-0.25, -0.2) is 4.98 Å². The molecule has 1 aromatic carbocycles. The van der Waals surface area contributed by atoms with Crippen molar-refractivity contribution in [1.29, 1.82) is 0 Å². The maximum absolute atomic E-state index is 12.8. The van der Waals surface area contributed by atoms with Crippen molar-refractivity contribution in [1.82, 2.24) is 19.7 Å². The molecule has 1 amide bonds. The number of aromatic nitrogens is 3. The summed E-state index contributed by atoms with van der Waals surface area (Å²) in [5.74, 6) is 1.34. The molecule has 0 bridgehead atoms. The summed E-state index contributed by atoms with van der Waals surface area (Å²) in [6.45, 7) is 2.75. The number of ether oxygens (including phenoxy) is 2. The van der Waals surface area contributed by atoms with Gasteiger partial charge in [0.15, 0.2) is 23.3 Å². The van der Waals surface area contributed by atoms with Crippen LogP contribution in [0.25, 0.3) is 11.0 Å². The number of carbonyl (C=O) groups is 1. The Morgan fingerprint density at radius 2 is 2.12 bits per heavy atom. The fourth-order valence-electron chi connectivity index (χ4n) is 3.19. The molecule has 1 aliphatic rings. The summed E-state index contributed by atoms with van der Waals surface area (Å²) < 4.78 is 13.4. The van der Waals surface area contributed by atoms with E-state index in [-0.39, 0.29) is 12.0 Å². The molecule has 0 N–H and O–H groups in total. The molecular weight excluding hydrogens is 332 g/mol. The van der Waals surface area contributed by atoms with Crippen LogP contribution < -0.4 is 9.47 Å². The first-order chi connectivity index (χ1) is 12.5. The van der Waals surface area contributed by atoms with E-state index < -0.39 is 0 Å². The molecule has 3 aromatic rings. The molecule has 2 aromatic heterocycles. The molecule has 3 heterocycles. The Labute approximate surface area is 151 Å². The van der Waals surface area contributed by atoms with Crippen LogP contribution in [-0.2, 0) is 7.05 Å². The third-order valence-corrected chi connectivity index (χ3v) is 4.50. The average molecular weight is 352 g/mol. The maximum Gasteiger partial charge on any atom is 0.255 e. The highest BCUT2D eigenvalue weighted by atomic mass is 16.6. The van der Waals surface area contributed by atoms with Crippen LogP contribution in [0.4, 0.5) is 0 Å². The first kappa shape index (κ1) is 16.4. The summed E-state index contributed by atoms with van der Waals surface area (Å²) in [6.07, 6.45) is 1.38. The lowest BCUT2D eigenvalue weighted by Crippen LogP contribution is -2.41. The van der Waals surface area contributed by atoms with E-state index in [0.717, 1.165) is 22.5 Å². The third kappa shape index (κ3) is 2.85. The lowest BCUT2D eigenvalue weighted by atomic mass is 10.2. The molecule has 26 heavy (non-hydrogen) atoms. The van der Waals surface area contributed by atoms with Gasteiger partial charge in [0.05, 0.1) is 17.8 Å². The van der Waals surface area contributed by atoms with Gasteiger partial charge in [0.1, 0.15) is 6.61 Å². The van der Waals surface area contributed by atoms with Crippen molar-refractivity contribution in [3.8, 4) is 11.5 Å². The normalized spacial score (nSPS) is 15.9. The Morgan fingerprint density at radius 3 is 2.92 bits per heavy atom. The quantitative estimate of drug-likeness (QED) is 0.723. The zero-order valence-electron chi connectivity index (χ0n) is 15.0. The molecule has 1 unspecified atom stereocenters. The third-order valence-electron chi connectivity index (χ3n) is 4.50. The number of para-hydroxylation sites is 2. The summed E-state index contributed by atoms with van der Waals surface area (Å²) in [7, 11) is 3.60. The van der Waals surface area contributed by atoms with Crippen LogP contribution in [0.15, 0.2) is 36.5 Å². The molecule has 134 valence electrons. The van der Waals surface area contributed by atoms with Gasteiger partial charge >= 0.3 is 0 Å². The number of pyridine rings is 1. The van der Waals surface area contributed by atoms with Gasteiger partial charge in [0.25, 0.3) is 5.91 Å². The second-order valence-corrected chi connectivity index (χ2v) is 6.49. The van der Waals surface area contributed by atoms with Gasteiger partial charge in [-0.1, -0.05) is 12.1 Å². The number of fused-ring (bicyclic) bond motifs is 2. The average Bonchev–Trinajstić information content (AvgIpc) is 2.94. The van der Waals surface area contributed by atoms with E-state index in [0.29, 0.717) is 24.5 Å². The number of amides is 1. The van der Waals surface area contributed by atoms with E-state index in [1.807, 2.05) is 44.3 Å². The van der Waals surface area contributed by atoms with Crippen LogP contribution >= 0.6 is 0 Å². The highest BCUT2D eigenvalue weighted by Gasteiger charge is 2.24. The highest BCUT2D eigenvalue weighted by molar-refractivity contribution is 5.97. The second kappa shape index (κ2) is 6.33. The van der Waals surface area contributed by atoms with Gasteiger partial charge < -0.3 is 14.4 Å². The fraction of sp³-hybridized carbons (Fsp3) is 0.316.